The van der Waals surface area contributed by atoms with Crippen LogP contribution in [-0.4, -0.2) is 87.6 Å². The van der Waals surface area contributed by atoms with Crippen molar-refractivity contribution in [2.24, 2.45) is 5.92 Å². The Labute approximate surface area is 169 Å². The third kappa shape index (κ3) is 6.39. The zero-order valence-electron chi connectivity index (χ0n) is 17.0. The van der Waals surface area contributed by atoms with Crippen LogP contribution in [0.25, 0.3) is 6.08 Å². The first-order valence-corrected chi connectivity index (χ1v) is 11.7. The zero-order chi connectivity index (χ0) is 20.0. The number of piperazine rings is 1. The van der Waals surface area contributed by atoms with Crippen LogP contribution in [0.1, 0.15) is 19.4 Å². The first-order chi connectivity index (χ1) is 13.4. The molecule has 2 aliphatic heterocycles. The largest absolute Gasteiger partial charge is 0.374 e. The van der Waals surface area contributed by atoms with E-state index in [2.05, 4.69) is 23.6 Å². The van der Waals surface area contributed by atoms with Gasteiger partial charge in [-0.25, -0.2) is 8.42 Å². The van der Waals surface area contributed by atoms with Gasteiger partial charge in [-0.2, -0.15) is 4.31 Å². The van der Waals surface area contributed by atoms with Crippen molar-refractivity contribution in [3.63, 3.8) is 0 Å². The van der Waals surface area contributed by atoms with Crippen LogP contribution in [0.3, 0.4) is 0 Å². The highest BCUT2D eigenvalue weighted by Gasteiger charge is 2.28. The van der Waals surface area contributed by atoms with Crippen molar-refractivity contribution in [2.45, 2.75) is 20.0 Å². The van der Waals surface area contributed by atoms with Crippen molar-refractivity contribution in [3.8, 4) is 0 Å². The SMILES string of the molecule is CC(C)CN1CCO[C@H](CN2CCN(S(=O)(=O)/C=C/c3ccccc3)CC2)C1. The highest BCUT2D eigenvalue weighted by Crippen LogP contribution is 2.14. The Morgan fingerprint density at radius 1 is 1.07 bits per heavy atom. The van der Waals surface area contributed by atoms with Crippen LogP contribution < -0.4 is 0 Å². The minimum atomic E-state index is -3.37. The van der Waals surface area contributed by atoms with E-state index in [-0.39, 0.29) is 6.10 Å². The van der Waals surface area contributed by atoms with Gasteiger partial charge in [0.15, 0.2) is 0 Å². The molecule has 1 aromatic carbocycles. The molecular formula is C21H33N3O3S. The van der Waals surface area contributed by atoms with Gasteiger partial charge in [-0.05, 0) is 17.6 Å². The van der Waals surface area contributed by atoms with Crippen LogP contribution in [0.5, 0.6) is 0 Å². The van der Waals surface area contributed by atoms with Crippen molar-refractivity contribution < 1.29 is 13.2 Å². The molecule has 2 heterocycles. The minimum absolute atomic E-state index is 0.216. The van der Waals surface area contributed by atoms with Crippen molar-refractivity contribution in [1.82, 2.24) is 14.1 Å². The monoisotopic (exact) mass is 407 g/mol. The number of sulfonamides is 1. The molecule has 0 saturated carbocycles. The second kappa shape index (κ2) is 9.98. The van der Waals surface area contributed by atoms with Gasteiger partial charge in [-0.3, -0.25) is 9.80 Å². The Morgan fingerprint density at radius 3 is 2.46 bits per heavy atom. The Balaban J connectivity index is 1.47. The molecule has 0 spiro atoms. The molecule has 28 heavy (non-hydrogen) atoms. The molecule has 7 heteroatoms. The van der Waals surface area contributed by atoms with E-state index in [0.717, 1.165) is 51.4 Å². The molecule has 1 atom stereocenters. The van der Waals surface area contributed by atoms with Gasteiger partial charge in [0.25, 0.3) is 0 Å². The molecule has 0 aromatic heterocycles. The normalized spacial score (nSPS) is 23.6. The van der Waals surface area contributed by atoms with Gasteiger partial charge in [0.2, 0.25) is 10.0 Å². The fourth-order valence-corrected chi connectivity index (χ4v) is 5.02. The van der Waals surface area contributed by atoms with Crippen LogP contribution in [-0.2, 0) is 14.8 Å². The van der Waals surface area contributed by atoms with Gasteiger partial charge >= 0.3 is 0 Å². The molecule has 2 fully saturated rings. The van der Waals surface area contributed by atoms with Gasteiger partial charge in [0.1, 0.15) is 0 Å². The number of hydrogen-bond donors (Lipinski definition) is 0. The molecule has 0 unspecified atom stereocenters. The number of rotatable bonds is 7. The zero-order valence-corrected chi connectivity index (χ0v) is 17.9. The van der Waals surface area contributed by atoms with Crippen LogP contribution in [0, 0.1) is 5.92 Å². The Bertz CT molecular complexity index is 729. The van der Waals surface area contributed by atoms with Crippen molar-refractivity contribution in [2.75, 3.05) is 59.0 Å². The van der Waals surface area contributed by atoms with E-state index in [1.807, 2.05) is 30.3 Å². The molecule has 0 aliphatic carbocycles. The van der Waals surface area contributed by atoms with E-state index in [1.54, 1.807) is 10.4 Å². The average molecular weight is 408 g/mol. The number of morpholine rings is 1. The summed E-state index contributed by atoms with van der Waals surface area (Å²) in [5.41, 5.74) is 0.894. The number of hydrogen-bond acceptors (Lipinski definition) is 5. The molecule has 156 valence electrons. The summed E-state index contributed by atoms with van der Waals surface area (Å²) in [6.45, 7) is 11.8. The van der Waals surface area contributed by atoms with Crippen LogP contribution in [0.15, 0.2) is 35.7 Å². The molecule has 2 aliphatic rings. The third-order valence-corrected chi connectivity index (χ3v) is 6.80. The Hall–Kier alpha value is -1.25. The summed E-state index contributed by atoms with van der Waals surface area (Å²) in [4.78, 5) is 4.81. The maximum Gasteiger partial charge on any atom is 0.236 e. The summed E-state index contributed by atoms with van der Waals surface area (Å²) < 4.78 is 32.7. The molecule has 0 bridgehead atoms. The van der Waals surface area contributed by atoms with Crippen molar-refractivity contribution >= 4 is 16.1 Å². The lowest BCUT2D eigenvalue weighted by Gasteiger charge is -2.39. The smallest absolute Gasteiger partial charge is 0.236 e. The highest BCUT2D eigenvalue weighted by molar-refractivity contribution is 7.92. The summed E-state index contributed by atoms with van der Waals surface area (Å²) in [6.07, 6.45) is 1.88. The van der Waals surface area contributed by atoms with E-state index in [0.29, 0.717) is 19.0 Å². The lowest BCUT2D eigenvalue weighted by atomic mass is 10.1. The summed E-state index contributed by atoms with van der Waals surface area (Å²) >= 11 is 0. The molecular weight excluding hydrogens is 374 g/mol. The molecule has 0 radical (unpaired) electrons. The summed E-state index contributed by atoms with van der Waals surface area (Å²) in [5, 5.41) is 1.33. The summed E-state index contributed by atoms with van der Waals surface area (Å²) in [6, 6.07) is 9.53. The maximum atomic E-state index is 12.6. The molecule has 2 saturated heterocycles. The van der Waals surface area contributed by atoms with E-state index in [4.69, 9.17) is 4.74 Å². The van der Waals surface area contributed by atoms with Gasteiger partial charge in [-0.15, -0.1) is 0 Å². The van der Waals surface area contributed by atoms with Crippen molar-refractivity contribution in [3.05, 3.63) is 41.3 Å². The second-order valence-electron chi connectivity index (χ2n) is 8.10. The van der Waals surface area contributed by atoms with E-state index < -0.39 is 10.0 Å². The second-order valence-corrected chi connectivity index (χ2v) is 9.92. The van der Waals surface area contributed by atoms with E-state index >= 15 is 0 Å². The summed E-state index contributed by atoms with van der Waals surface area (Å²) in [7, 11) is -3.37. The summed E-state index contributed by atoms with van der Waals surface area (Å²) in [5.74, 6) is 0.663. The molecule has 0 N–H and O–H groups in total. The van der Waals surface area contributed by atoms with Gasteiger partial charge in [0.05, 0.1) is 12.7 Å². The fraction of sp³-hybridized carbons (Fsp3) is 0.619. The quantitative estimate of drug-likeness (QED) is 0.692. The lowest BCUT2D eigenvalue weighted by molar-refractivity contribution is -0.0486. The number of benzene rings is 1. The topological polar surface area (TPSA) is 53.1 Å². The van der Waals surface area contributed by atoms with Gasteiger partial charge < -0.3 is 4.74 Å². The first-order valence-electron chi connectivity index (χ1n) is 10.2. The highest BCUT2D eigenvalue weighted by atomic mass is 32.2. The van der Waals surface area contributed by atoms with E-state index in [1.165, 1.54) is 5.41 Å². The van der Waals surface area contributed by atoms with E-state index in [9.17, 15) is 8.42 Å². The Morgan fingerprint density at radius 2 is 1.79 bits per heavy atom. The predicted octanol–water partition coefficient (Wildman–Crippen LogP) is 1.96. The van der Waals surface area contributed by atoms with Crippen LogP contribution >= 0.6 is 0 Å². The molecule has 3 rings (SSSR count). The van der Waals surface area contributed by atoms with Crippen LogP contribution in [0.4, 0.5) is 0 Å². The average Bonchev–Trinajstić information content (AvgIpc) is 2.67. The Kier molecular flexibility index (Phi) is 7.65. The predicted molar refractivity (Wildman–Crippen MR) is 113 cm³/mol. The molecule has 0 amide bonds. The van der Waals surface area contributed by atoms with Crippen molar-refractivity contribution in [1.29, 1.82) is 0 Å². The molecule has 6 nitrogen and oxygen atoms in total. The van der Waals surface area contributed by atoms with Gasteiger partial charge in [-0.1, -0.05) is 44.2 Å². The first kappa shape index (κ1) is 21.5. The van der Waals surface area contributed by atoms with Crippen LogP contribution in [0.2, 0.25) is 0 Å². The fourth-order valence-electron chi connectivity index (χ4n) is 3.84. The third-order valence-electron chi connectivity index (χ3n) is 5.23. The lowest BCUT2D eigenvalue weighted by Crippen LogP contribution is -2.53. The maximum absolute atomic E-state index is 12.6. The van der Waals surface area contributed by atoms with Gasteiger partial charge in [0, 0.05) is 57.8 Å². The number of nitrogens with zero attached hydrogens (tertiary/aromatic N) is 3. The minimum Gasteiger partial charge on any atom is -0.374 e. The molecule has 1 aromatic rings. The number of ether oxygens (including phenoxy) is 1. The standard InChI is InChI=1S/C21H33N3O3S/c1-19(2)16-23-13-14-27-21(18-23)17-22-9-11-24(12-10-22)28(25,26)15-8-20-6-4-3-5-7-20/h3-8,15,19,21H,9-14,16-18H2,1-2H3/b15-8+/t21-/m1/s1.